The molecule has 0 saturated heterocycles. The Labute approximate surface area is 299 Å². The zero-order valence-electron chi connectivity index (χ0n) is 27.4. The van der Waals surface area contributed by atoms with Crippen LogP contribution in [0.15, 0.2) is 184 Å². The zero-order valence-corrected chi connectivity index (χ0v) is 28.2. The SMILES string of the molecule is c1ccc(-c2cc(-c3ccc4c(c3)Sc3ccccc3C43c4ccccc4-c4c3ccc3oc5ccccc5c43)nc(-c3ccccc3)n2)cc1. The number of nitrogens with zero attached hydrogens (tertiary/aromatic N) is 2. The molecule has 2 aliphatic rings. The van der Waals surface area contributed by atoms with E-state index in [0.717, 1.165) is 44.6 Å². The molecule has 3 nitrogen and oxygen atoms in total. The number of hydrogen-bond donors (Lipinski definition) is 0. The summed E-state index contributed by atoms with van der Waals surface area (Å²) in [6, 6.07) is 60.5. The van der Waals surface area contributed by atoms with E-state index in [1.807, 2.05) is 42.1 Å². The van der Waals surface area contributed by atoms with Gasteiger partial charge in [0.2, 0.25) is 0 Å². The van der Waals surface area contributed by atoms with Crippen LogP contribution in [0.25, 0.3) is 67.0 Å². The number of benzene rings is 7. The van der Waals surface area contributed by atoms with Gasteiger partial charge in [0.1, 0.15) is 11.2 Å². The number of para-hydroxylation sites is 1. The van der Waals surface area contributed by atoms with E-state index in [1.54, 1.807) is 0 Å². The molecular weight excluding hydrogens is 641 g/mol. The van der Waals surface area contributed by atoms with Crippen LogP contribution in [0.4, 0.5) is 0 Å². The number of aromatic nitrogens is 2. The predicted octanol–water partition coefficient (Wildman–Crippen LogP) is 12.2. The maximum atomic E-state index is 6.44. The molecule has 11 rings (SSSR count). The molecule has 0 radical (unpaired) electrons. The van der Waals surface area contributed by atoms with Gasteiger partial charge in [-0.2, -0.15) is 0 Å². The predicted molar refractivity (Wildman–Crippen MR) is 207 cm³/mol. The highest BCUT2D eigenvalue weighted by molar-refractivity contribution is 7.99. The first-order valence-corrected chi connectivity index (χ1v) is 18.1. The van der Waals surface area contributed by atoms with Gasteiger partial charge in [-0.25, -0.2) is 9.97 Å². The van der Waals surface area contributed by atoms with Crippen LogP contribution in [0, 0.1) is 0 Å². The van der Waals surface area contributed by atoms with E-state index in [9.17, 15) is 0 Å². The van der Waals surface area contributed by atoms with Crippen molar-refractivity contribution in [2.45, 2.75) is 15.2 Å². The Morgan fingerprint density at radius 1 is 0.451 bits per heavy atom. The van der Waals surface area contributed by atoms with E-state index < -0.39 is 5.41 Å². The molecule has 2 aromatic heterocycles. The maximum Gasteiger partial charge on any atom is 0.160 e. The molecule has 0 bridgehead atoms. The van der Waals surface area contributed by atoms with E-state index in [-0.39, 0.29) is 0 Å². The Balaban J connectivity index is 1.18. The summed E-state index contributed by atoms with van der Waals surface area (Å²) in [5.41, 5.74) is 14.0. The molecule has 7 aromatic carbocycles. The van der Waals surface area contributed by atoms with E-state index in [0.29, 0.717) is 5.82 Å². The molecule has 1 atom stereocenters. The summed E-state index contributed by atoms with van der Waals surface area (Å²) in [5, 5.41) is 2.33. The van der Waals surface area contributed by atoms with Crippen molar-refractivity contribution < 1.29 is 4.42 Å². The van der Waals surface area contributed by atoms with Gasteiger partial charge in [-0.3, -0.25) is 0 Å². The third kappa shape index (κ3) is 4.08. The average molecular weight is 669 g/mol. The quantitative estimate of drug-likeness (QED) is 0.188. The van der Waals surface area contributed by atoms with Gasteiger partial charge in [-0.1, -0.05) is 151 Å². The number of rotatable bonds is 3. The summed E-state index contributed by atoms with van der Waals surface area (Å²) in [5.74, 6) is 0.717. The van der Waals surface area contributed by atoms with Gasteiger partial charge < -0.3 is 4.42 Å². The van der Waals surface area contributed by atoms with Gasteiger partial charge in [-0.15, -0.1) is 0 Å². The zero-order chi connectivity index (χ0) is 33.5. The minimum atomic E-state index is -0.496. The van der Waals surface area contributed by atoms with Crippen molar-refractivity contribution in [1.82, 2.24) is 9.97 Å². The lowest BCUT2D eigenvalue weighted by Gasteiger charge is -2.39. The summed E-state index contributed by atoms with van der Waals surface area (Å²) in [6.45, 7) is 0. The molecular formula is C47H28N2OS. The Kier molecular flexibility index (Phi) is 6.10. The molecule has 51 heavy (non-hydrogen) atoms. The molecule has 0 N–H and O–H groups in total. The summed E-state index contributed by atoms with van der Waals surface area (Å²) < 4.78 is 6.44. The van der Waals surface area contributed by atoms with Crippen molar-refractivity contribution in [3.8, 4) is 45.0 Å². The first kappa shape index (κ1) is 28.6. The van der Waals surface area contributed by atoms with Crippen molar-refractivity contribution in [1.29, 1.82) is 0 Å². The molecule has 238 valence electrons. The fourth-order valence-electron chi connectivity index (χ4n) is 8.44. The topological polar surface area (TPSA) is 38.9 Å². The second-order valence-electron chi connectivity index (χ2n) is 13.3. The summed E-state index contributed by atoms with van der Waals surface area (Å²) >= 11 is 1.85. The minimum Gasteiger partial charge on any atom is -0.456 e. The minimum absolute atomic E-state index is 0.496. The molecule has 4 heteroatoms. The second kappa shape index (κ2) is 10.9. The van der Waals surface area contributed by atoms with Crippen molar-refractivity contribution >= 4 is 33.7 Å². The first-order valence-electron chi connectivity index (χ1n) is 17.2. The van der Waals surface area contributed by atoms with Crippen LogP contribution in [0.5, 0.6) is 0 Å². The molecule has 1 aliphatic heterocycles. The molecule has 1 spiro atoms. The lowest BCUT2D eigenvalue weighted by atomic mass is 9.67. The highest BCUT2D eigenvalue weighted by Crippen LogP contribution is 2.63. The van der Waals surface area contributed by atoms with E-state index >= 15 is 0 Å². The second-order valence-corrected chi connectivity index (χ2v) is 14.3. The standard InChI is InChI=1S/C47H28N2OS/c1-3-13-29(14-4-1)38-28-39(49-46(48-38)30-15-5-2-6-16-30)31-23-24-36-43(27-31)51-42-22-12-10-20-35(42)47(36)34-19-9-7-17-32(34)44-37(47)25-26-41-45(44)33-18-8-11-21-40(33)50-41/h1-28H. The monoisotopic (exact) mass is 668 g/mol. The van der Waals surface area contributed by atoms with Gasteiger partial charge in [0, 0.05) is 37.3 Å². The molecule has 1 aliphatic carbocycles. The molecule has 0 saturated carbocycles. The van der Waals surface area contributed by atoms with Crippen molar-refractivity contribution in [3.05, 3.63) is 192 Å². The number of fused-ring (bicyclic) bond motifs is 13. The maximum absolute atomic E-state index is 6.44. The molecule has 9 aromatic rings. The Morgan fingerprint density at radius 2 is 1.10 bits per heavy atom. The number of hydrogen-bond acceptors (Lipinski definition) is 4. The fraction of sp³-hybridized carbons (Fsp3) is 0.0213. The van der Waals surface area contributed by atoms with Crippen LogP contribution in [-0.4, -0.2) is 9.97 Å². The normalized spacial score (nSPS) is 15.5. The highest BCUT2D eigenvalue weighted by atomic mass is 32.2. The Bertz CT molecular complexity index is 2780. The first-order chi connectivity index (χ1) is 25.3. The molecule has 1 unspecified atom stereocenters. The van der Waals surface area contributed by atoms with E-state index in [2.05, 4.69) is 140 Å². The Hall–Kier alpha value is -6.23. The summed E-state index contributed by atoms with van der Waals surface area (Å²) in [7, 11) is 0. The largest absolute Gasteiger partial charge is 0.456 e. The van der Waals surface area contributed by atoms with Gasteiger partial charge in [0.15, 0.2) is 5.82 Å². The summed E-state index contributed by atoms with van der Waals surface area (Å²) in [6.07, 6.45) is 0. The lowest BCUT2D eigenvalue weighted by Crippen LogP contribution is -2.32. The van der Waals surface area contributed by atoms with Crippen LogP contribution < -0.4 is 0 Å². The van der Waals surface area contributed by atoms with Crippen LogP contribution in [-0.2, 0) is 5.41 Å². The van der Waals surface area contributed by atoms with Crippen molar-refractivity contribution in [3.63, 3.8) is 0 Å². The van der Waals surface area contributed by atoms with Gasteiger partial charge >= 0.3 is 0 Å². The summed E-state index contributed by atoms with van der Waals surface area (Å²) in [4.78, 5) is 12.7. The third-order valence-electron chi connectivity index (χ3n) is 10.6. The van der Waals surface area contributed by atoms with Gasteiger partial charge in [-0.05, 0) is 63.7 Å². The smallest absolute Gasteiger partial charge is 0.160 e. The van der Waals surface area contributed by atoms with Crippen molar-refractivity contribution in [2.75, 3.05) is 0 Å². The van der Waals surface area contributed by atoms with Crippen LogP contribution in [0.1, 0.15) is 22.3 Å². The number of furan rings is 1. The lowest BCUT2D eigenvalue weighted by molar-refractivity contribution is 0.668. The van der Waals surface area contributed by atoms with E-state index in [1.165, 1.54) is 48.6 Å². The van der Waals surface area contributed by atoms with Crippen LogP contribution in [0.2, 0.25) is 0 Å². The molecule has 0 amide bonds. The van der Waals surface area contributed by atoms with Gasteiger partial charge in [0.05, 0.1) is 16.8 Å². The van der Waals surface area contributed by atoms with Gasteiger partial charge in [0.25, 0.3) is 0 Å². The molecule has 3 heterocycles. The Morgan fingerprint density at radius 3 is 1.94 bits per heavy atom. The van der Waals surface area contributed by atoms with E-state index in [4.69, 9.17) is 14.4 Å². The third-order valence-corrected chi connectivity index (χ3v) is 11.7. The van der Waals surface area contributed by atoms with Crippen molar-refractivity contribution in [2.24, 2.45) is 0 Å². The fourth-order valence-corrected chi connectivity index (χ4v) is 9.67. The van der Waals surface area contributed by atoms with Crippen LogP contribution in [0.3, 0.4) is 0 Å². The average Bonchev–Trinajstić information content (AvgIpc) is 3.72. The van der Waals surface area contributed by atoms with Crippen LogP contribution >= 0.6 is 11.8 Å². The highest BCUT2D eigenvalue weighted by Gasteiger charge is 2.51. The molecule has 0 fully saturated rings.